The van der Waals surface area contributed by atoms with E-state index in [1.165, 1.54) is 0 Å². The average molecular weight is 341 g/mol. The van der Waals surface area contributed by atoms with Crippen molar-refractivity contribution in [2.24, 2.45) is 0 Å². The van der Waals surface area contributed by atoms with Crippen molar-refractivity contribution in [3.8, 4) is 5.75 Å². The Kier molecular flexibility index (Phi) is 7.01. The standard InChI is InChI=1S/C20H23NO4/c1-3-25-20(23)14-18(16-9-11-17(24-2)12-10-16)21-19(22)13-15-7-5-4-6-8-15/h4-12,18H,3,13-14H2,1-2H3,(H,21,22). The van der Waals surface area contributed by atoms with Gasteiger partial charge in [-0.1, -0.05) is 42.5 Å². The van der Waals surface area contributed by atoms with Crippen LogP contribution in [-0.4, -0.2) is 25.6 Å². The summed E-state index contributed by atoms with van der Waals surface area (Å²) in [6.07, 6.45) is 0.344. The molecule has 2 aromatic rings. The molecule has 2 aromatic carbocycles. The number of carbonyl (C=O) groups excluding carboxylic acids is 2. The molecule has 0 saturated heterocycles. The van der Waals surface area contributed by atoms with Gasteiger partial charge in [-0.2, -0.15) is 0 Å². The Morgan fingerprint density at radius 1 is 1.04 bits per heavy atom. The van der Waals surface area contributed by atoms with Gasteiger partial charge >= 0.3 is 5.97 Å². The average Bonchev–Trinajstić information content (AvgIpc) is 2.62. The highest BCUT2D eigenvalue weighted by Crippen LogP contribution is 2.21. The van der Waals surface area contributed by atoms with Crippen molar-refractivity contribution in [1.82, 2.24) is 5.32 Å². The maximum absolute atomic E-state index is 12.4. The van der Waals surface area contributed by atoms with Gasteiger partial charge in [0.25, 0.3) is 0 Å². The molecule has 1 unspecified atom stereocenters. The van der Waals surface area contributed by atoms with Crippen LogP contribution in [0.1, 0.15) is 30.5 Å². The van der Waals surface area contributed by atoms with E-state index in [0.717, 1.165) is 11.1 Å². The largest absolute Gasteiger partial charge is 0.497 e. The molecule has 1 N–H and O–H groups in total. The van der Waals surface area contributed by atoms with E-state index in [1.807, 2.05) is 42.5 Å². The SMILES string of the molecule is CCOC(=O)CC(NC(=O)Cc1ccccc1)c1ccc(OC)cc1. The highest BCUT2D eigenvalue weighted by atomic mass is 16.5. The predicted molar refractivity (Wildman–Crippen MR) is 95.3 cm³/mol. The van der Waals surface area contributed by atoms with Crippen molar-refractivity contribution in [3.05, 3.63) is 65.7 Å². The van der Waals surface area contributed by atoms with Gasteiger partial charge in [-0.25, -0.2) is 0 Å². The second kappa shape index (κ2) is 9.47. The third-order valence-electron chi connectivity index (χ3n) is 3.74. The van der Waals surface area contributed by atoms with Gasteiger partial charge in [0, 0.05) is 0 Å². The van der Waals surface area contributed by atoms with Gasteiger partial charge in [-0.05, 0) is 30.2 Å². The highest BCUT2D eigenvalue weighted by molar-refractivity contribution is 5.80. The smallest absolute Gasteiger partial charge is 0.308 e. The number of nitrogens with one attached hydrogen (secondary N) is 1. The molecule has 25 heavy (non-hydrogen) atoms. The fraction of sp³-hybridized carbons (Fsp3) is 0.300. The van der Waals surface area contributed by atoms with Crippen molar-refractivity contribution in [2.75, 3.05) is 13.7 Å². The monoisotopic (exact) mass is 341 g/mol. The summed E-state index contributed by atoms with van der Waals surface area (Å²) in [7, 11) is 1.59. The molecule has 0 spiro atoms. The van der Waals surface area contributed by atoms with E-state index in [4.69, 9.17) is 9.47 Å². The summed E-state index contributed by atoms with van der Waals surface area (Å²) in [5.74, 6) is 0.230. The van der Waals surface area contributed by atoms with E-state index in [9.17, 15) is 9.59 Å². The minimum absolute atomic E-state index is 0.0840. The normalized spacial score (nSPS) is 11.4. The molecule has 0 aliphatic heterocycles. The fourth-order valence-electron chi connectivity index (χ4n) is 2.50. The summed E-state index contributed by atoms with van der Waals surface area (Å²) in [5.41, 5.74) is 1.75. The lowest BCUT2D eigenvalue weighted by atomic mass is 10.0. The molecule has 0 heterocycles. The van der Waals surface area contributed by atoms with Crippen molar-refractivity contribution in [2.45, 2.75) is 25.8 Å². The van der Waals surface area contributed by atoms with E-state index in [2.05, 4.69) is 5.32 Å². The number of hydrogen-bond donors (Lipinski definition) is 1. The molecule has 1 atom stereocenters. The Balaban J connectivity index is 2.09. The van der Waals surface area contributed by atoms with Crippen LogP contribution >= 0.6 is 0 Å². The van der Waals surface area contributed by atoms with Gasteiger partial charge in [0.15, 0.2) is 0 Å². The Labute approximate surface area is 148 Å². The van der Waals surface area contributed by atoms with Gasteiger partial charge in [-0.15, -0.1) is 0 Å². The van der Waals surface area contributed by atoms with Crippen molar-refractivity contribution in [1.29, 1.82) is 0 Å². The van der Waals surface area contributed by atoms with Crippen LogP contribution in [0.25, 0.3) is 0 Å². The van der Waals surface area contributed by atoms with Gasteiger partial charge in [0.05, 0.1) is 32.6 Å². The number of methoxy groups -OCH3 is 1. The topological polar surface area (TPSA) is 64.6 Å². The van der Waals surface area contributed by atoms with Crippen LogP contribution in [-0.2, 0) is 20.7 Å². The maximum atomic E-state index is 12.4. The molecule has 0 fully saturated rings. The number of rotatable bonds is 8. The first-order chi connectivity index (χ1) is 12.1. The number of esters is 1. The summed E-state index contributed by atoms with van der Waals surface area (Å²) in [6, 6.07) is 16.3. The van der Waals surface area contributed by atoms with Gasteiger partial charge in [0.2, 0.25) is 5.91 Å². The number of ether oxygens (including phenoxy) is 2. The lowest BCUT2D eigenvalue weighted by Crippen LogP contribution is -2.31. The first-order valence-electron chi connectivity index (χ1n) is 8.25. The van der Waals surface area contributed by atoms with E-state index in [-0.39, 0.29) is 24.7 Å². The molecule has 132 valence electrons. The number of carbonyl (C=O) groups is 2. The zero-order valence-electron chi connectivity index (χ0n) is 14.5. The van der Waals surface area contributed by atoms with Crippen molar-refractivity contribution < 1.29 is 19.1 Å². The van der Waals surface area contributed by atoms with Crippen LogP contribution in [0.2, 0.25) is 0 Å². The Bertz CT molecular complexity index is 683. The molecule has 0 saturated carbocycles. The molecular weight excluding hydrogens is 318 g/mol. The molecule has 0 radical (unpaired) electrons. The first kappa shape index (κ1) is 18.5. The molecule has 0 bridgehead atoms. The molecule has 1 amide bonds. The van der Waals surface area contributed by atoms with Crippen LogP contribution < -0.4 is 10.1 Å². The maximum Gasteiger partial charge on any atom is 0.308 e. The number of benzene rings is 2. The summed E-state index contributed by atoms with van der Waals surface area (Å²) < 4.78 is 10.2. The summed E-state index contributed by atoms with van der Waals surface area (Å²) in [5, 5.41) is 2.93. The molecule has 0 aliphatic rings. The van der Waals surface area contributed by atoms with Crippen LogP contribution in [0.15, 0.2) is 54.6 Å². The van der Waals surface area contributed by atoms with Crippen LogP contribution in [0.5, 0.6) is 5.75 Å². The molecule has 0 aliphatic carbocycles. The molecular formula is C20H23NO4. The van der Waals surface area contributed by atoms with Crippen LogP contribution in [0.4, 0.5) is 0 Å². The zero-order chi connectivity index (χ0) is 18.1. The van der Waals surface area contributed by atoms with Crippen LogP contribution in [0, 0.1) is 0 Å². The summed E-state index contributed by atoms with van der Waals surface area (Å²) in [6.45, 7) is 2.07. The Hall–Kier alpha value is -2.82. The Morgan fingerprint density at radius 2 is 1.72 bits per heavy atom. The molecule has 2 rings (SSSR count). The second-order valence-electron chi connectivity index (χ2n) is 5.56. The van der Waals surface area contributed by atoms with Crippen molar-refractivity contribution >= 4 is 11.9 Å². The molecule has 0 aromatic heterocycles. The molecule has 5 nitrogen and oxygen atoms in total. The Morgan fingerprint density at radius 3 is 2.32 bits per heavy atom. The second-order valence-corrected chi connectivity index (χ2v) is 5.56. The quantitative estimate of drug-likeness (QED) is 0.750. The van der Waals surface area contributed by atoms with Gasteiger partial charge in [0.1, 0.15) is 5.75 Å². The zero-order valence-corrected chi connectivity index (χ0v) is 14.5. The first-order valence-corrected chi connectivity index (χ1v) is 8.25. The van der Waals surface area contributed by atoms with Gasteiger partial charge < -0.3 is 14.8 Å². The van der Waals surface area contributed by atoms with E-state index in [1.54, 1.807) is 26.2 Å². The lowest BCUT2D eigenvalue weighted by molar-refractivity contribution is -0.143. The minimum Gasteiger partial charge on any atom is -0.497 e. The highest BCUT2D eigenvalue weighted by Gasteiger charge is 2.19. The third-order valence-corrected chi connectivity index (χ3v) is 3.74. The van der Waals surface area contributed by atoms with E-state index < -0.39 is 6.04 Å². The minimum atomic E-state index is -0.443. The van der Waals surface area contributed by atoms with E-state index in [0.29, 0.717) is 12.4 Å². The van der Waals surface area contributed by atoms with Crippen LogP contribution in [0.3, 0.4) is 0 Å². The fourth-order valence-corrected chi connectivity index (χ4v) is 2.50. The summed E-state index contributed by atoms with van der Waals surface area (Å²) >= 11 is 0. The number of amides is 1. The number of hydrogen-bond acceptors (Lipinski definition) is 4. The van der Waals surface area contributed by atoms with Crippen molar-refractivity contribution in [3.63, 3.8) is 0 Å². The molecule has 5 heteroatoms. The predicted octanol–water partition coefficient (Wildman–Crippen LogP) is 3.05. The lowest BCUT2D eigenvalue weighted by Gasteiger charge is -2.19. The third kappa shape index (κ3) is 5.95. The summed E-state index contributed by atoms with van der Waals surface area (Å²) in [4.78, 5) is 24.3. The van der Waals surface area contributed by atoms with E-state index >= 15 is 0 Å². The van der Waals surface area contributed by atoms with Gasteiger partial charge in [-0.3, -0.25) is 9.59 Å².